The van der Waals surface area contributed by atoms with Crippen LogP contribution < -0.4 is 16.0 Å². The van der Waals surface area contributed by atoms with Crippen molar-refractivity contribution in [1.29, 1.82) is 0 Å². The number of aliphatic imine (C=N–C) groups is 1. The van der Waals surface area contributed by atoms with E-state index in [-0.39, 0.29) is 11.8 Å². The van der Waals surface area contributed by atoms with Crippen molar-refractivity contribution < 1.29 is 4.79 Å². The number of amides is 1. The molecule has 1 aliphatic heterocycles. The average Bonchev–Trinajstić information content (AvgIpc) is 2.81. The first-order valence-electron chi connectivity index (χ1n) is 12.2. The van der Waals surface area contributed by atoms with E-state index >= 15 is 0 Å². The van der Waals surface area contributed by atoms with Crippen LogP contribution in [0.25, 0.3) is 0 Å². The van der Waals surface area contributed by atoms with Gasteiger partial charge in [0.15, 0.2) is 5.96 Å². The molecule has 6 nitrogen and oxygen atoms in total. The normalized spacial score (nSPS) is 19.4. The molecule has 1 heterocycles. The van der Waals surface area contributed by atoms with E-state index in [9.17, 15) is 4.79 Å². The molecule has 2 atom stereocenters. The summed E-state index contributed by atoms with van der Waals surface area (Å²) in [5, 5.41) is 9.96. The zero-order chi connectivity index (χ0) is 23.6. The summed E-state index contributed by atoms with van der Waals surface area (Å²) in [6.07, 6.45) is 2.20. The highest BCUT2D eigenvalue weighted by atomic mass is 16.1. The van der Waals surface area contributed by atoms with Gasteiger partial charge in [-0.3, -0.25) is 9.69 Å². The molecule has 3 N–H and O–H groups in total. The van der Waals surface area contributed by atoms with Gasteiger partial charge in [0.2, 0.25) is 5.91 Å². The smallest absolute Gasteiger partial charge is 0.226 e. The second-order valence-corrected chi connectivity index (χ2v) is 9.21. The van der Waals surface area contributed by atoms with Crippen LogP contribution in [0.4, 0.5) is 5.69 Å². The maximum Gasteiger partial charge on any atom is 0.226 e. The summed E-state index contributed by atoms with van der Waals surface area (Å²) < 4.78 is 0. The van der Waals surface area contributed by atoms with E-state index in [0.717, 1.165) is 49.7 Å². The van der Waals surface area contributed by atoms with Gasteiger partial charge in [-0.15, -0.1) is 0 Å². The van der Waals surface area contributed by atoms with Crippen molar-refractivity contribution in [2.24, 2.45) is 10.9 Å². The van der Waals surface area contributed by atoms with Gasteiger partial charge in [-0.1, -0.05) is 56.3 Å². The maximum absolute atomic E-state index is 11.9. The van der Waals surface area contributed by atoms with Gasteiger partial charge in [0.1, 0.15) is 0 Å². The second kappa shape index (κ2) is 12.4. The van der Waals surface area contributed by atoms with E-state index in [1.165, 1.54) is 5.56 Å². The molecule has 0 spiro atoms. The molecule has 0 radical (unpaired) electrons. The van der Waals surface area contributed by atoms with E-state index in [4.69, 9.17) is 4.99 Å². The highest BCUT2D eigenvalue weighted by Crippen LogP contribution is 2.20. The summed E-state index contributed by atoms with van der Waals surface area (Å²) in [6, 6.07) is 19.6. The highest BCUT2D eigenvalue weighted by molar-refractivity contribution is 5.92. The first kappa shape index (κ1) is 24.8. The van der Waals surface area contributed by atoms with Crippen LogP contribution in [0.5, 0.6) is 0 Å². The second-order valence-electron chi connectivity index (χ2n) is 9.21. The minimum absolute atomic E-state index is 0.0310. The van der Waals surface area contributed by atoms with Crippen LogP contribution in [-0.4, -0.2) is 41.9 Å². The van der Waals surface area contributed by atoms with E-state index < -0.39 is 0 Å². The Hall–Kier alpha value is -2.86. The van der Waals surface area contributed by atoms with Crippen molar-refractivity contribution in [3.05, 3.63) is 65.7 Å². The monoisotopic (exact) mass is 449 g/mol. The first-order valence-corrected chi connectivity index (χ1v) is 12.2. The van der Waals surface area contributed by atoms with Crippen LogP contribution in [0, 0.1) is 5.92 Å². The summed E-state index contributed by atoms with van der Waals surface area (Å²) >= 11 is 0. The molecular formula is C27H39N5O. The van der Waals surface area contributed by atoms with Crippen LogP contribution in [0.15, 0.2) is 59.6 Å². The number of rotatable bonds is 8. The number of carbonyl (C=O) groups is 1. The van der Waals surface area contributed by atoms with E-state index in [0.29, 0.717) is 18.6 Å². The molecule has 178 valence electrons. The predicted octanol–water partition coefficient (Wildman–Crippen LogP) is 4.39. The van der Waals surface area contributed by atoms with Crippen molar-refractivity contribution in [2.75, 3.05) is 18.4 Å². The maximum atomic E-state index is 11.9. The lowest BCUT2D eigenvalue weighted by atomic mass is 9.97. The molecule has 3 rings (SSSR count). The molecule has 0 aromatic heterocycles. The van der Waals surface area contributed by atoms with Gasteiger partial charge in [0.05, 0.1) is 6.54 Å². The summed E-state index contributed by atoms with van der Waals surface area (Å²) in [6.45, 7) is 11.7. The van der Waals surface area contributed by atoms with Crippen LogP contribution in [-0.2, 0) is 17.9 Å². The number of hydrogen-bond donors (Lipinski definition) is 3. The number of guanidine groups is 1. The van der Waals surface area contributed by atoms with Crippen LogP contribution >= 0.6 is 0 Å². The molecular weight excluding hydrogens is 410 g/mol. The zero-order valence-corrected chi connectivity index (χ0v) is 20.5. The number of anilines is 1. The summed E-state index contributed by atoms with van der Waals surface area (Å²) in [4.78, 5) is 19.2. The number of hydrogen-bond acceptors (Lipinski definition) is 3. The molecule has 0 saturated carbocycles. The molecule has 1 fully saturated rings. The first-order chi connectivity index (χ1) is 15.9. The number of benzene rings is 2. The Morgan fingerprint density at radius 1 is 1.09 bits per heavy atom. The molecule has 2 aromatic rings. The fraction of sp³-hybridized carbons (Fsp3) is 0.481. The predicted molar refractivity (Wildman–Crippen MR) is 137 cm³/mol. The van der Waals surface area contributed by atoms with E-state index in [1.54, 1.807) is 0 Å². The summed E-state index contributed by atoms with van der Waals surface area (Å²) in [5.74, 6) is 0.864. The van der Waals surface area contributed by atoms with Gasteiger partial charge in [0.25, 0.3) is 0 Å². The lowest BCUT2D eigenvalue weighted by molar-refractivity contribution is -0.118. The van der Waals surface area contributed by atoms with Gasteiger partial charge in [-0.2, -0.15) is 0 Å². The zero-order valence-electron chi connectivity index (χ0n) is 20.5. The van der Waals surface area contributed by atoms with Crippen LogP contribution in [0.3, 0.4) is 0 Å². The Kier molecular flexibility index (Phi) is 9.31. The van der Waals surface area contributed by atoms with Crippen LogP contribution in [0.2, 0.25) is 0 Å². The van der Waals surface area contributed by atoms with Gasteiger partial charge >= 0.3 is 0 Å². The third-order valence-corrected chi connectivity index (χ3v) is 6.09. The molecule has 2 aromatic carbocycles. The summed E-state index contributed by atoms with van der Waals surface area (Å²) in [5.41, 5.74) is 3.31. The van der Waals surface area contributed by atoms with Gasteiger partial charge in [-0.25, -0.2) is 4.99 Å². The fourth-order valence-corrected chi connectivity index (χ4v) is 4.07. The third kappa shape index (κ3) is 7.90. The minimum Gasteiger partial charge on any atom is -0.357 e. The summed E-state index contributed by atoms with van der Waals surface area (Å²) in [7, 11) is 0. The SMILES string of the molecule is CCNC(=NCc1ccc(NC(=O)C(C)C)cc1)NC1CCN(Cc2ccccc2)C(C)C1. The number of nitrogens with zero attached hydrogens (tertiary/aromatic N) is 2. The molecule has 0 aliphatic carbocycles. The molecule has 6 heteroatoms. The average molecular weight is 450 g/mol. The Labute approximate surface area is 198 Å². The highest BCUT2D eigenvalue weighted by Gasteiger charge is 2.26. The Balaban J connectivity index is 1.52. The topological polar surface area (TPSA) is 68.8 Å². The Bertz CT molecular complexity index is 894. The van der Waals surface area contributed by atoms with Crippen molar-refractivity contribution in [3.8, 4) is 0 Å². The number of carbonyl (C=O) groups excluding carboxylic acids is 1. The van der Waals surface area contributed by atoms with Gasteiger partial charge in [-0.05, 0) is 49.9 Å². The van der Waals surface area contributed by atoms with E-state index in [1.807, 2.05) is 38.1 Å². The van der Waals surface area contributed by atoms with Crippen molar-refractivity contribution in [2.45, 2.75) is 65.7 Å². The molecule has 0 bridgehead atoms. The molecule has 1 saturated heterocycles. The van der Waals surface area contributed by atoms with Gasteiger partial charge in [0, 0.05) is 43.3 Å². The fourth-order valence-electron chi connectivity index (χ4n) is 4.07. The van der Waals surface area contributed by atoms with Crippen molar-refractivity contribution >= 4 is 17.6 Å². The number of piperidine rings is 1. The minimum atomic E-state index is -0.0315. The molecule has 1 amide bonds. The van der Waals surface area contributed by atoms with Crippen LogP contribution in [0.1, 0.15) is 51.7 Å². The Morgan fingerprint density at radius 2 is 1.82 bits per heavy atom. The lowest BCUT2D eigenvalue weighted by Gasteiger charge is -2.38. The number of likely N-dealkylation sites (tertiary alicyclic amines) is 1. The number of nitrogens with one attached hydrogen (secondary N) is 3. The quantitative estimate of drug-likeness (QED) is 0.413. The van der Waals surface area contributed by atoms with Crippen molar-refractivity contribution in [1.82, 2.24) is 15.5 Å². The standard InChI is InChI=1S/C27H39N5O/c1-5-28-27(29-18-22-11-13-24(14-12-22)30-26(33)20(2)3)31-25-15-16-32(21(4)17-25)19-23-9-7-6-8-10-23/h6-14,20-21,25H,5,15-19H2,1-4H3,(H,30,33)(H2,28,29,31). The molecule has 1 aliphatic rings. The molecule has 33 heavy (non-hydrogen) atoms. The third-order valence-electron chi connectivity index (χ3n) is 6.09. The van der Waals surface area contributed by atoms with Gasteiger partial charge < -0.3 is 16.0 Å². The molecule has 2 unspecified atom stereocenters. The van der Waals surface area contributed by atoms with E-state index in [2.05, 4.69) is 65.0 Å². The Morgan fingerprint density at radius 3 is 2.45 bits per heavy atom. The van der Waals surface area contributed by atoms with Crippen molar-refractivity contribution in [3.63, 3.8) is 0 Å². The largest absolute Gasteiger partial charge is 0.357 e. The lowest BCUT2D eigenvalue weighted by Crippen LogP contribution is -2.51.